The Hall–Kier alpha value is -1.06. The molecule has 0 amide bonds. The Labute approximate surface area is 91.3 Å². The van der Waals surface area contributed by atoms with Crippen molar-refractivity contribution >= 4 is 23.1 Å². The van der Waals surface area contributed by atoms with E-state index in [1.54, 1.807) is 13.3 Å². The highest BCUT2D eigenvalue weighted by Gasteiger charge is 2.06. The predicted molar refractivity (Wildman–Crippen MR) is 59.1 cm³/mol. The van der Waals surface area contributed by atoms with Crippen molar-refractivity contribution in [2.45, 2.75) is 0 Å². The molecule has 0 fully saturated rings. The molecular weight excluding hydrogens is 218 g/mol. The Bertz CT molecular complexity index is 428. The topological polar surface area (TPSA) is 22.1 Å². The first-order valence-electron chi connectivity index (χ1n) is 4.04. The molecule has 0 aliphatic heterocycles. The van der Waals surface area contributed by atoms with Crippen LogP contribution in [-0.4, -0.2) is 11.5 Å². The summed E-state index contributed by atoms with van der Waals surface area (Å²) in [5.41, 5.74) is 2.02. The molecule has 0 bridgehead atoms. The number of nitrogens with zero attached hydrogens (tertiary/aromatic N) is 1. The summed E-state index contributed by atoms with van der Waals surface area (Å²) in [6.45, 7) is 0. The molecule has 0 unspecified atom stereocenters. The molecule has 4 heteroatoms. The van der Waals surface area contributed by atoms with E-state index in [0.717, 1.165) is 16.9 Å². The lowest BCUT2D eigenvalue weighted by atomic mass is 10.1. The predicted octanol–water partition coefficient (Wildman–Crippen LogP) is 3.47. The number of rotatable bonds is 2. The third-order valence-corrected chi connectivity index (χ3v) is 2.73. The minimum atomic E-state index is 0.701. The van der Waals surface area contributed by atoms with Crippen molar-refractivity contribution in [1.29, 1.82) is 0 Å². The molecule has 0 saturated carbocycles. The van der Waals surface area contributed by atoms with E-state index >= 15 is 0 Å². The van der Waals surface area contributed by atoms with E-state index in [0.29, 0.717) is 5.02 Å². The Balaban J connectivity index is 2.55. The van der Waals surface area contributed by atoms with E-state index in [4.69, 9.17) is 16.3 Å². The number of aromatic nitrogens is 1. The molecule has 1 heterocycles. The fraction of sp³-hybridized carbons (Fsp3) is 0.100. The van der Waals surface area contributed by atoms with Crippen molar-refractivity contribution in [3.8, 4) is 16.9 Å². The first-order chi connectivity index (χ1) is 6.81. The Morgan fingerprint density at radius 2 is 2.29 bits per heavy atom. The van der Waals surface area contributed by atoms with Gasteiger partial charge in [-0.3, -0.25) is 0 Å². The lowest BCUT2D eigenvalue weighted by Crippen LogP contribution is -1.86. The van der Waals surface area contributed by atoms with Gasteiger partial charge >= 0.3 is 0 Å². The van der Waals surface area contributed by atoms with E-state index < -0.39 is 0 Å². The van der Waals surface area contributed by atoms with Crippen LogP contribution < -0.4 is 4.74 Å². The molecule has 2 aromatic rings. The highest BCUT2D eigenvalue weighted by atomic mass is 35.5. The maximum absolute atomic E-state index is 5.92. The van der Waals surface area contributed by atoms with Crippen LogP contribution in [0.2, 0.25) is 5.02 Å². The molecule has 14 heavy (non-hydrogen) atoms. The molecule has 0 saturated heterocycles. The Morgan fingerprint density at radius 1 is 1.43 bits per heavy atom. The second-order valence-corrected chi connectivity index (χ2v) is 3.85. The standard InChI is InChI=1S/C10H8ClNOS/c1-13-10-3-2-8(11)4-9(10)7-5-12-14-6-7/h2-6H,1H3. The van der Waals surface area contributed by atoms with Gasteiger partial charge in [0.1, 0.15) is 5.75 Å². The van der Waals surface area contributed by atoms with Crippen LogP contribution >= 0.6 is 23.1 Å². The summed E-state index contributed by atoms with van der Waals surface area (Å²) in [5, 5.41) is 2.67. The second-order valence-electron chi connectivity index (χ2n) is 2.76. The van der Waals surface area contributed by atoms with Crippen LogP contribution in [0.5, 0.6) is 5.75 Å². The maximum atomic E-state index is 5.92. The van der Waals surface area contributed by atoms with Gasteiger partial charge in [0.2, 0.25) is 0 Å². The molecule has 0 N–H and O–H groups in total. The zero-order valence-electron chi connectivity index (χ0n) is 7.53. The summed E-state index contributed by atoms with van der Waals surface area (Å²) in [4.78, 5) is 0. The molecule has 0 atom stereocenters. The van der Waals surface area contributed by atoms with E-state index in [1.807, 2.05) is 23.6 Å². The lowest BCUT2D eigenvalue weighted by molar-refractivity contribution is 0.416. The molecule has 2 rings (SSSR count). The fourth-order valence-corrected chi connectivity index (χ4v) is 1.95. The Morgan fingerprint density at radius 3 is 2.93 bits per heavy atom. The third-order valence-electron chi connectivity index (χ3n) is 1.90. The van der Waals surface area contributed by atoms with Gasteiger partial charge in [0.15, 0.2) is 0 Å². The quantitative estimate of drug-likeness (QED) is 0.781. The summed E-state index contributed by atoms with van der Waals surface area (Å²) in [6, 6.07) is 5.54. The lowest BCUT2D eigenvalue weighted by Gasteiger charge is -2.06. The van der Waals surface area contributed by atoms with E-state index in [1.165, 1.54) is 11.5 Å². The molecule has 1 aromatic heterocycles. The van der Waals surface area contributed by atoms with Gasteiger partial charge in [-0.05, 0) is 29.7 Å². The number of hydrogen-bond donors (Lipinski definition) is 0. The maximum Gasteiger partial charge on any atom is 0.126 e. The molecule has 72 valence electrons. The number of benzene rings is 1. The zero-order chi connectivity index (χ0) is 9.97. The number of halogens is 1. The zero-order valence-corrected chi connectivity index (χ0v) is 9.10. The van der Waals surface area contributed by atoms with E-state index in [-0.39, 0.29) is 0 Å². The summed E-state index contributed by atoms with van der Waals surface area (Å²) >= 11 is 7.33. The minimum Gasteiger partial charge on any atom is -0.496 e. The molecule has 2 nitrogen and oxygen atoms in total. The Kier molecular flexibility index (Phi) is 2.70. The van der Waals surface area contributed by atoms with Crippen molar-refractivity contribution in [3.63, 3.8) is 0 Å². The first-order valence-corrected chi connectivity index (χ1v) is 5.26. The van der Waals surface area contributed by atoms with Gasteiger partial charge in [-0.25, -0.2) is 4.37 Å². The van der Waals surface area contributed by atoms with Crippen molar-refractivity contribution < 1.29 is 4.74 Å². The smallest absolute Gasteiger partial charge is 0.126 e. The van der Waals surface area contributed by atoms with Crippen molar-refractivity contribution in [3.05, 3.63) is 34.8 Å². The molecule has 0 radical (unpaired) electrons. The van der Waals surface area contributed by atoms with Gasteiger partial charge in [-0.1, -0.05) is 11.6 Å². The van der Waals surface area contributed by atoms with Crippen LogP contribution in [0.15, 0.2) is 29.8 Å². The normalized spacial score (nSPS) is 10.1. The fourth-order valence-electron chi connectivity index (χ4n) is 1.24. The molecule has 0 spiro atoms. The highest BCUT2D eigenvalue weighted by molar-refractivity contribution is 7.03. The second kappa shape index (κ2) is 3.98. The molecule has 1 aromatic carbocycles. The third kappa shape index (κ3) is 1.74. The first kappa shape index (κ1) is 9.49. The van der Waals surface area contributed by atoms with Gasteiger partial charge in [0, 0.05) is 27.7 Å². The van der Waals surface area contributed by atoms with E-state index in [9.17, 15) is 0 Å². The SMILES string of the molecule is COc1ccc(Cl)cc1-c1cnsc1. The van der Waals surface area contributed by atoms with Gasteiger partial charge in [-0.15, -0.1) is 0 Å². The monoisotopic (exact) mass is 225 g/mol. The van der Waals surface area contributed by atoms with Crippen LogP contribution in [0, 0.1) is 0 Å². The van der Waals surface area contributed by atoms with E-state index in [2.05, 4.69) is 4.37 Å². The van der Waals surface area contributed by atoms with Crippen molar-refractivity contribution in [2.75, 3.05) is 7.11 Å². The summed E-state index contributed by atoms with van der Waals surface area (Å²) in [7, 11) is 1.65. The number of hydrogen-bond acceptors (Lipinski definition) is 3. The average molecular weight is 226 g/mol. The molecular formula is C10H8ClNOS. The molecule has 0 aliphatic rings. The highest BCUT2D eigenvalue weighted by Crippen LogP contribution is 2.32. The molecule has 0 aliphatic carbocycles. The largest absolute Gasteiger partial charge is 0.496 e. The van der Waals surface area contributed by atoms with Crippen LogP contribution in [-0.2, 0) is 0 Å². The van der Waals surface area contributed by atoms with Crippen molar-refractivity contribution in [2.24, 2.45) is 0 Å². The summed E-state index contributed by atoms with van der Waals surface area (Å²) in [5.74, 6) is 0.814. The summed E-state index contributed by atoms with van der Waals surface area (Å²) < 4.78 is 9.29. The average Bonchev–Trinajstić information content (AvgIpc) is 2.70. The minimum absolute atomic E-state index is 0.701. The van der Waals surface area contributed by atoms with Crippen LogP contribution in [0.1, 0.15) is 0 Å². The van der Waals surface area contributed by atoms with Gasteiger partial charge in [0.05, 0.1) is 7.11 Å². The van der Waals surface area contributed by atoms with Gasteiger partial charge < -0.3 is 4.74 Å². The van der Waals surface area contributed by atoms with Gasteiger partial charge in [-0.2, -0.15) is 0 Å². The van der Waals surface area contributed by atoms with Crippen LogP contribution in [0.4, 0.5) is 0 Å². The van der Waals surface area contributed by atoms with Gasteiger partial charge in [0.25, 0.3) is 0 Å². The van der Waals surface area contributed by atoms with Crippen molar-refractivity contribution in [1.82, 2.24) is 4.37 Å². The van der Waals surface area contributed by atoms with Crippen LogP contribution in [0.3, 0.4) is 0 Å². The number of methoxy groups -OCH3 is 1. The summed E-state index contributed by atoms with van der Waals surface area (Å²) in [6.07, 6.45) is 1.80. The van der Waals surface area contributed by atoms with Crippen LogP contribution in [0.25, 0.3) is 11.1 Å². The number of ether oxygens (including phenoxy) is 1.